The largest absolute Gasteiger partial charge is 0.494 e. The normalized spacial score (nSPS) is 16.3. The second-order valence-electron chi connectivity index (χ2n) is 6.07. The van der Waals surface area contributed by atoms with Crippen molar-refractivity contribution in [2.24, 2.45) is 5.10 Å². The minimum Gasteiger partial charge on any atom is -0.494 e. The Morgan fingerprint density at radius 2 is 2.15 bits per heavy atom. The fraction of sp³-hybridized carbons (Fsp3) is 0.353. The Labute approximate surface area is 164 Å². The van der Waals surface area contributed by atoms with Crippen molar-refractivity contribution in [2.45, 2.75) is 25.4 Å². The molecule has 0 saturated heterocycles. The lowest BCUT2D eigenvalue weighted by Gasteiger charge is -2.13. The lowest BCUT2D eigenvalue weighted by Crippen LogP contribution is -2.34. The van der Waals surface area contributed by atoms with E-state index >= 15 is 0 Å². The molecule has 0 fully saturated rings. The molecule has 0 amide bonds. The van der Waals surface area contributed by atoms with Crippen LogP contribution in [-0.2, 0) is 11.3 Å². The molecular weight excluding hydrogens is 395 g/mol. The molecule has 27 heavy (non-hydrogen) atoms. The number of aromatic nitrogens is 2. The molecule has 1 aliphatic rings. The van der Waals surface area contributed by atoms with Gasteiger partial charge in [-0.2, -0.15) is 5.10 Å². The van der Waals surface area contributed by atoms with Crippen LogP contribution in [0.25, 0.3) is 0 Å². The van der Waals surface area contributed by atoms with Gasteiger partial charge in [-0.25, -0.2) is 4.79 Å². The second-order valence-corrected chi connectivity index (χ2v) is 6.91. The van der Waals surface area contributed by atoms with E-state index in [4.69, 9.17) is 27.9 Å². The lowest BCUT2D eigenvalue weighted by atomic mass is 10.00. The highest BCUT2D eigenvalue weighted by Crippen LogP contribution is 2.32. The maximum Gasteiger partial charge on any atom is 0.331 e. The van der Waals surface area contributed by atoms with Crippen molar-refractivity contribution < 1.29 is 9.84 Å². The highest BCUT2D eigenvalue weighted by atomic mass is 35.5. The Kier molecular flexibility index (Phi) is 5.88. The number of benzene rings is 1. The first-order valence-corrected chi connectivity index (χ1v) is 9.00. The van der Waals surface area contributed by atoms with Crippen LogP contribution in [0.2, 0.25) is 10.0 Å². The van der Waals surface area contributed by atoms with Gasteiger partial charge in [-0.05, 0) is 24.1 Å². The average molecular weight is 413 g/mol. The number of aromatic amines is 1. The number of ether oxygens (including phenoxy) is 1. The maximum atomic E-state index is 12.3. The zero-order chi connectivity index (χ0) is 19.6. The quantitative estimate of drug-likeness (QED) is 0.628. The molecule has 0 saturated carbocycles. The van der Waals surface area contributed by atoms with E-state index in [1.54, 1.807) is 25.3 Å². The zero-order valence-corrected chi connectivity index (χ0v) is 16.0. The van der Waals surface area contributed by atoms with Crippen LogP contribution in [0.5, 0.6) is 5.88 Å². The second kappa shape index (κ2) is 8.16. The summed E-state index contributed by atoms with van der Waals surface area (Å²) in [7, 11) is 1.54. The Bertz CT molecular complexity index is 999. The van der Waals surface area contributed by atoms with Crippen molar-refractivity contribution in [1.82, 2.24) is 15.0 Å². The molecule has 1 aromatic carbocycles. The molecule has 0 aliphatic carbocycles. The van der Waals surface area contributed by atoms with Gasteiger partial charge in [-0.15, -0.1) is 0 Å². The molecule has 1 aliphatic heterocycles. The summed E-state index contributed by atoms with van der Waals surface area (Å²) in [6.45, 7) is 0.620. The molecule has 2 aromatic rings. The number of hydrazone groups is 1. The number of hydrogen-bond donors (Lipinski definition) is 3. The summed E-state index contributed by atoms with van der Waals surface area (Å²) >= 11 is 12.2. The first-order chi connectivity index (χ1) is 12.9. The van der Waals surface area contributed by atoms with Crippen molar-refractivity contribution >= 4 is 28.9 Å². The van der Waals surface area contributed by atoms with Crippen LogP contribution in [0.4, 0.5) is 0 Å². The summed E-state index contributed by atoms with van der Waals surface area (Å²) in [6.07, 6.45) is 0.817. The predicted molar refractivity (Wildman–Crippen MR) is 103 cm³/mol. The number of nitrogens with zero attached hydrogens (tertiary/aromatic N) is 2. The molecular formula is C17H18Cl2N4O4. The smallest absolute Gasteiger partial charge is 0.331 e. The molecule has 3 N–H and O–H groups in total. The first kappa shape index (κ1) is 19.5. The van der Waals surface area contributed by atoms with E-state index in [0.717, 1.165) is 10.1 Å². The van der Waals surface area contributed by atoms with E-state index < -0.39 is 17.1 Å². The van der Waals surface area contributed by atoms with Crippen LogP contribution >= 0.6 is 23.2 Å². The van der Waals surface area contributed by atoms with E-state index in [0.29, 0.717) is 35.2 Å². The first-order valence-electron chi connectivity index (χ1n) is 8.24. The molecule has 3 rings (SSSR count). The van der Waals surface area contributed by atoms with E-state index in [2.05, 4.69) is 15.5 Å². The van der Waals surface area contributed by atoms with Gasteiger partial charge in [-0.3, -0.25) is 14.3 Å². The summed E-state index contributed by atoms with van der Waals surface area (Å²) in [5, 5.41) is 15.7. The van der Waals surface area contributed by atoms with Gasteiger partial charge >= 0.3 is 5.69 Å². The predicted octanol–water partition coefficient (Wildman–Crippen LogP) is 2.02. The summed E-state index contributed by atoms with van der Waals surface area (Å²) in [4.78, 5) is 26.5. The van der Waals surface area contributed by atoms with Crippen LogP contribution in [-0.4, -0.2) is 34.1 Å². The number of nitrogens with one attached hydrogen (secondary N) is 2. The van der Waals surface area contributed by atoms with E-state index in [1.807, 2.05) is 0 Å². The molecule has 0 radical (unpaired) electrons. The van der Waals surface area contributed by atoms with Gasteiger partial charge in [0.25, 0.3) is 5.56 Å². The van der Waals surface area contributed by atoms with Gasteiger partial charge in [0.1, 0.15) is 5.56 Å². The number of hydrogen-bond acceptors (Lipinski definition) is 6. The topological polar surface area (TPSA) is 109 Å². The maximum absolute atomic E-state index is 12.3. The summed E-state index contributed by atoms with van der Waals surface area (Å²) in [5.41, 5.74) is 2.61. The van der Waals surface area contributed by atoms with Gasteiger partial charge in [0.05, 0.1) is 11.8 Å². The average Bonchev–Trinajstić information content (AvgIpc) is 3.07. The standard InChI is InChI=1S/C17H18Cl2N4O4/c1-27-6-2-5-23-16(25)14(15(24)20-17(23)26)13-8-12(21-22-13)10-4-3-9(18)7-11(10)19/h3-4,7,12,21,25H,2,5-6,8H2,1H3,(H,20,24,26). The fourth-order valence-corrected chi connectivity index (χ4v) is 3.50. The van der Waals surface area contributed by atoms with E-state index in [1.165, 1.54) is 0 Å². The molecule has 1 unspecified atom stereocenters. The fourth-order valence-electron chi connectivity index (χ4n) is 2.96. The van der Waals surface area contributed by atoms with E-state index in [9.17, 15) is 14.7 Å². The number of halogens is 2. The molecule has 144 valence electrons. The van der Waals surface area contributed by atoms with Crippen LogP contribution in [0.1, 0.15) is 30.0 Å². The number of H-pyrrole nitrogens is 1. The third-order valence-electron chi connectivity index (χ3n) is 4.28. The zero-order valence-electron chi connectivity index (χ0n) is 14.5. The van der Waals surface area contributed by atoms with Crippen LogP contribution in [0.3, 0.4) is 0 Å². The molecule has 2 heterocycles. The van der Waals surface area contributed by atoms with Crippen LogP contribution in [0.15, 0.2) is 32.9 Å². The van der Waals surface area contributed by atoms with Crippen molar-refractivity contribution in [3.8, 4) is 5.88 Å². The minimum atomic E-state index is -0.691. The lowest BCUT2D eigenvalue weighted by molar-refractivity contribution is 0.188. The molecule has 0 spiro atoms. The SMILES string of the molecule is COCCCn1c(O)c(C2=NNC(c3ccc(Cl)cc3Cl)C2)c(=O)[nH]c1=O. The Hall–Kier alpha value is -2.29. The van der Waals surface area contributed by atoms with Gasteiger partial charge in [0.15, 0.2) is 0 Å². The van der Waals surface area contributed by atoms with Crippen molar-refractivity contribution in [3.63, 3.8) is 0 Å². The van der Waals surface area contributed by atoms with Gasteiger partial charge in [0, 0.05) is 36.7 Å². The van der Waals surface area contributed by atoms with Gasteiger partial charge < -0.3 is 15.3 Å². The molecule has 10 heteroatoms. The highest BCUT2D eigenvalue weighted by Gasteiger charge is 2.28. The van der Waals surface area contributed by atoms with Crippen molar-refractivity contribution in [2.75, 3.05) is 13.7 Å². The van der Waals surface area contributed by atoms with Crippen LogP contribution < -0.4 is 16.7 Å². The van der Waals surface area contributed by atoms with E-state index in [-0.39, 0.29) is 18.2 Å². The molecule has 8 nitrogen and oxygen atoms in total. The highest BCUT2D eigenvalue weighted by molar-refractivity contribution is 6.35. The molecule has 1 aromatic heterocycles. The summed E-state index contributed by atoms with van der Waals surface area (Å²) < 4.78 is 6.05. The molecule has 1 atom stereocenters. The Morgan fingerprint density at radius 1 is 1.37 bits per heavy atom. The van der Waals surface area contributed by atoms with Gasteiger partial charge in [0.2, 0.25) is 5.88 Å². The minimum absolute atomic E-state index is 0.0351. The molecule has 0 bridgehead atoms. The summed E-state index contributed by atoms with van der Waals surface area (Å²) in [5.74, 6) is -0.414. The summed E-state index contributed by atoms with van der Waals surface area (Å²) in [6, 6.07) is 4.83. The van der Waals surface area contributed by atoms with Crippen molar-refractivity contribution in [1.29, 1.82) is 0 Å². The number of aromatic hydroxyl groups is 1. The third kappa shape index (κ3) is 4.02. The monoisotopic (exact) mass is 412 g/mol. The Balaban J connectivity index is 1.90. The van der Waals surface area contributed by atoms with Gasteiger partial charge in [-0.1, -0.05) is 29.3 Å². The number of rotatable bonds is 6. The van der Waals surface area contributed by atoms with Crippen LogP contribution in [0, 0.1) is 0 Å². The number of methoxy groups -OCH3 is 1. The van der Waals surface area contributed by atoms with Crippen molar-refractivity contribution in [3.05, 3.63) is 60.2 Å². The third-order valence-corrected chi connectivity index (χ3v) is 4.84. The Morgan fingerprint density at radius 3 is 2.85 bits per heavy atom.